The highest BCUT2D eigenvalue weighted by Crippen LogP contribution is 1.96. The second-order valence-electron chi connectivity index (χ2n) is 2.22. The van der Waals surface area contributed by atoms with E-state index in [-0.39, 0.29) is 6.42 Å². The van der Waals surface area contributed by atoms with Crippen LogP contribution in [0.5, 0.6) is 0 Å². The van der Waals surface area contributed by atoms with Gasteiger partial charge in [0.15, 0.2) is 6.10 Å². The molecular weight excluding hydrogens is 148 g/mol. The largest absolute Gasteiger partial charge is 0.479 e. The maximum Gasteiger partial charge on any atom is 0.344 e. The lowest BCUT2D eigenvalue weighted by Crippen LogP contribution is -2.23. The summed E-state index contributed by atoms with van der Waals surface area (Å²) >= 11 is 0. The molecule has 0 radical (unpaired) electrons. The number of aliphatic carboxylic acids is 1. The SMILES string of the molecule is CCCC(=O)O[C@@H](C)C(=O)O. The number of ether oxygens (including phenoxy) is 1. The van der Waals surface area contributed by atoms with Gasteiger partial charge in [0.25, 0.3) is 0 Å². The Morgan fingerprint density at radius 1 is 1.55 bits per heavy atom. The van der Waals surface area contributed by atoms with Crippen molar-refractivity contribution >= 4 is 11.9 Å². The van der Waals surface area contributed by atoms with Crippen LogP contribution >= 0.6 is 0 Å². The normalized spacial score (nSPS) is 12.2. The van der Waals surface area contributed by atoms with Gasteiger partial charge in [-0.1, -0.05) is 6.92 Å². The fourth-order valence-electron chi connectivity index (χ4n) is 0.511. The zero-order valence-corrected chi connectivity index (χ0v) is 6.66. The monoisotopic (exact) mass is 160 g/mol. The molecule has 0 spiro atoms. The van der Waals surface area contributed by atoms with Crippen LogP contribution in [0.25, 0.3) is 0 Å². The molecule has 0 unspecified atom stereocenters. The first kappa shape index (κ1) is 9.94. The van der Waals surface area contributed by atoms with Gasteiger partial charge in [-0.15, -0.1) is 0 Å². The molecule has 0 aromatic rings. The average Bonchev–Trinajstić information content (AvgIpc) is 1.87. The standard InChI is InChI=1S/C7H12O4/c1-3-4-6(8)11-5(2)7(9)10/h5H,3-4H2,1-2H3,(H,9,10)/t5-/m0/s1. The van der Waals surface area contributed by atoms with Gasteiger partial charge in [-0.3, -0.25) is 4.79 Å². The third kappa shape index (κ3) is 4.36. The lowest BCUT2D eigenvalue weighted by atomic mass is 10.3. The van der Waals surface area contributed by atoms with Crippen LogP contribution in [-0.4, -0.2) is 23.1 Å². The molecule has 0 aromatic carbocycles. The molecule has 1 atom stereocenters. The highest BCUT2D eigenvalue weighted by Gasteiger charge is 2.14. The molecule has 1 N–H and O–H groups in total. The molecule has 0 amide bonds. The molecule has 0 rings (SSSR count). The van der Waals surface area contributed by atoms with Crippen LogP contribution in [0.15, 0.2) is 0 Å². The van der Waals surface area contributed by atoms with Crippen molar-refractivity contribution in [3.05, 3.63) is 0 Å². The number of rotatable bonds is 4. The number of hydrogen-bond donors (Lipinski definition) is 1. The summed E-state index contributed by atoms with van der Waals surface area (Å²) < 4.78 is 4.51. The summed E-state index contributed by atoms with van der Waals surface area (Å²) in [7, 11) is 0. The topological polar surface area (TPSA) is 63.6 Å². The Balaban J connectivity index is 3.66. The van der Waals surface area contributed by atoms with Gasteiger partial charge < -0.3 is 9.84 Å². The van der Waals surface area contributed by atoms with Crippen LogP contribution in [0.4, 0.5) is 0 Å². The van der Waals surface area contributed by atoms with Crippen molar-refractivity contribution in [2.75, 3.05) is 0 Å². The molecule has 4 nitrogen and oxygen atoms in total. The third-order valence-corrected chi connectivity index (χ3v) is 1.11. The van der Waals surface area contributed by atoms with E-state index in [4.69, 9.17) is 5.11 Å². The fraction of sp³-hybridized carbons (Fsp3) is 0.714. The van der Waals surface area contributed by atoms with Gasteiger partial charge >= 0.3 is 11.9 Å². The van der Waals surface area contributed by atoms with E-state index in [1.54, 1.807) is 0 Å². The lowest BCUT2D eigenvalue weighted by molar-refractivity contribution is -0.162. The molecule has 0 saturated heterocycles. The van der Waals surface area contributed by atoms with Crippen molar-refractivity contribution in [3.63, 3.8) is 0 Å². The lowest BCUT2D eigenvalue weighted by Gasteiger charge is -2.06. The predicted molar refractivity (Wildman–Crippen MR) is 38.1 cm³/mol. The Morgan fingerprint density at radius 2 is 2.09 bits per heavy atom. The van der Waals surface area contributed by atoms with Gasteiger partial charge in [0, 0.05) is 6.42 Å². The van der Waals surface area contributed by atoms with Crippen LogP contribution in [-0.2, 0) is 14.3 Å². The molecule has 0 aromatic heterocycles. The van der Waals surface area contributed by atoms with Gasteiger partial charge in [-0.05, 0) is 13.3 Å². The van der Waals surface area contributed by atoms with Gasteiger partial charge in [0.1, 0.15) is 0 Å². The van der Waals surface area contributed by atoms with Crippen molar-refractivity contribution in [1.82, 2.24) is 0 Å². The van der Waals surface area contributed by atoms with Crippen molar-refractivity contribution in [2.24, 2.45) is 0 Å². The molecule has 64 valence electrons. The Kier molecular flexibility index (Phi) is 4.26. The maximum absolute atomic E-state index is 10.7. The zero-order valence-electron chi connectivity index (χ0n) is 6.66. The number of carbonyl (C=O) groups is 2. The highest BCUT2D eigenvalue weighted by atomic mass is 16.6. The summed E-state index contributed by atoms with van der Waals surface area (Å²) in [6, 6.07) is 0. The molecule has 0 aliphatic carbocycles. The Morgan fingerprint density at radius 3 is 2.45 bits per heavy atom. The number of carboxylic acid groups (broad SMARTS) is 1. The van der Waals surface area contributed by atoms with Gasteiger partial charge in [-0.25, -0.2) is 4.79 Å². The molecule has 11 heavy (non-hydrogen) atoms. The fourth-order valence-corrected chi connectivity index (χ4v) is 0.511. The predicted octanol–water partition coefficient (Wildman–Crippen LogP) is 0.803. The van der Waals surface area contributed by atoms with E-state index in [9.17, 15) is 9.59 Å². The zero-order chi connectivity index (χ0) is 8.85. The molecule has 0 aliphatic rings. The molecule has 0 heterocycles. The first-order valence-electron chi connectivity index (χ1n) is 3.50. The molecule has 4 heteroatoms. The summed E-state index contributed by atoms with van der Waals surface area (Å²) in [4.78, 5) is 20.8. The third-order valence-electron chi connectivity index (χ3n) is 1.11. The first-order valence-corrected chi connectivity index (χ1v) is 3.50. The van der Waals surface area contributed by atoms with E-state index < -0.39 is 18.0 Å². The van der Waals surface area contributed by atoms with Crippen LogP contribution in [0.2, 0.25) is 0 Å². The van der Waals surface area contributed by atoms with Gasteiger partial charge in [0.2, 0.25) is 0 Å². The Bertz CT molecular complexity index is 153. The van der Waals surface area contributed by atoms with Crippen LogP contribution in [0.1, 0.15) is 26.7 Å². The minimum atomic E-state index is -1.12. The van der Waals surface area contributed by atoms with Crippen LogP contribution < -0.4 is 0 Å². The molecule has 0 saturated carbocycles. The number of carboxylic acids is 1. The van der Waals surface area contributed by atoms with Crippen molar-refractivity contribution in [3.8, 4) is 0 Å². The molecule has 0 fully saturated rings. The quantitative estimate of drug-likeness (QED) is 0.618. The van der Waals surface area contributed by atoms with Crippen molar-refractivity contribution < 1.29 is 19.4 Å². The van der Waals surface area contributed by atoms with E-state index in [0.29, 0.717) is 6.42 Å². The minimum Gasteiger partial charge on any atom is -0.479 e. The summed E-state index contributed by atoms with van der Waals surface area (Å²) in [6.45, 7) is 3.16. The van der Waals surface area contributed by atoms with Gasteiger partial charge in [0.05, 0.1) is 0 Å². The summed E-state index contributed by atoms with van der Waals surface area (Å²) in [5.41, 5.74) is 0. The van der Waals surface area contributed by atoms with Crippen molar-refractivity contribution in [2.45, 2.75) is 32.8 Å². The van der Waals surface area contributed by atoms with E-state index in [0.717, 1.165) is 0 Å². The Hall–Kier alpha value is -1.06. The summed E-state index contributed by atoms with van der Waals surface area (Å²) in [5.74, 6) is -1.57. The van der Waals surface area contributed by atoms with E-state index >= 15 is 0 Å². The summed E-state index contributed by atoms with van der Waals surface area (Å²) in [5, 5.41) is 8.32. The average molecular weight is 160 g/mol. The summed E-state index contributed by atoms with van der Waals surface area (Å²) in [6.07, 6.45) is -0.0861. The molecule has 0 aliphatic heterocycles. The second kappa shape index (κ2) is 4.71. The second-order valence-corrected chi connectivity index (χ2v) is 2.22. The van der Waals surface area contributed by atoms with E-state index in [2.05, 4.69) is 4.74 Å². The van der Waals surface area contributed by atoms with Crippen LogP contribution in [0, 0.1) is 0 Å². The number of hydrogen-bond acceptors (Lipinski definition) is 3. The smallest absolute Gasteiger partial charge is 0.344 e. The Labute approximate surface area is 65.2 Å². The number of carbonyl (C=O) groups excluding carboxylic acids is 1. The minimum absolute atomic E-state index is 0.275. The first-order chi connectivity index (χ1) is 5.07. The van der Waals surface area contributed by atoms with Gasteiger partial charge in [-0.2, -0.15) is 0 Å². The highest BCUT2D eigenvalue weighted by molar-refractivity contribution is 5.77. The van der Waals surface area contributed by atoms with E-state index in [1.165, 1.54) is 6.92 Å². The van der Waals surface area contributed by atoms with Crippen LogP contribution in [0.3, 0.4) is 0 Å². The molecule has 0 bridgehead atoms. The van der Waals surface area contributed by atoms with Crippen molar-refractivity contribution in [1.29, 1.82) is 0 Å². The maximum atomic E-state index is 10.7. The molecular formula is C7H12O4. The number of esters is 1. The van der Waals surface area contributed by atoms with E-state index in [1.807, 2.05) is 6.92 Å².